The Morgan fingerprint density at radius 3 is 2.42 bits per heavy atom. The average Bonchev–Trinajstić information content (AvgIpc) is 2.00. The zero-order valence-corrected chi connectivity index (χ0v) is 7.04. The number of hydrazine groups is 1. The van der Waals surface area contributed by atoms with E-state index in [9.17, 15) is 13.2 Å². The van der Waals surface area contributed by atoms with Gasteiger partial charge >= 0.3 is 5.97 Å². The Morgan fingerprint density at radius 2 is 2.08 bits per heavy atom. The van der Waals surface area contributed by atoms with Crippen LogP contribution in [0.3, 0.4) is 0 Å². The van der Waals surface area contributed by atoms with Gasteiger partial charge in [0, 0.05) is 0 Å². The minimum absolute atomic E-state index is 0.165. The predicted octanol–water partition coefficient (Wildman–Crippen LogP) is -2.42. The van der Waals surface area contributed by atoms with Crippen LogP contribution in [0.5, 0.6) is 0 Å². The van der Waals surface area contributed by atoms with E-state index in [-0.39, 0.29) is 6.42 Å². The van der Waals surface area contributed by atoms with Gasteiger partial charge in [0.05, 0.1) is 5.75 Å². The molecule has 0 fully saturated rings. The maximum absolute atomic E-state index is 10.6. The Morgan fingerprint density at radius 1 is 1.58 bits per heavy atom. The number of carboxylic acids is 1. The molecule has 0 spiro atoms. The van der Waals surface area contributed by atoms with Gasteiger partial charge in [0.2, 0.25) is 10.0 Å². The highest BCUT2D eigenvalue weighted by Gasteiger charge is 2.15. The van der Waals surface area contributed by atoms with Gasteiger partial charge in [-0.15, -0.1) is 0 Å². The van der Waals surface area contributed by atoms with E-state index in [1.807, 2.05) is 0 Å². The van der Waals surface area contributed by atoms with Crippen molar-refractivity contribution >= 4 is 16.0 Å². The van der Waals surface area contributed by atoms with E-state index >= 15 is 0 Å². The fourth-order valence-electron chi connectivity index (χ4n) is 0.465. The number of sulfonamides is 1. The van der Waals surface area contributed by atoms with Crippen LogP contribution < -0.4 is 16.4 Å². The minimum atomic E-state index is -3.56. The molecule has 0 saturated carbocycles. The molecule has 0 rings (SSSR count). The first-order valence-electron chi connectivity index (χ1n) is 3.07. The summed E-state index contributed by atoms with van der Waals surface area (Å²) in [7, 11) is -3.56. The van der Waals surface area contributed by atoms with Crippen LogP contribution in [0.2, 0.25) is 0 Å². The third-order valence-electron chi connectivity index (χ3n) is 1.19. The van der Waals surface area contributed by atoms with Crippen LogP contribution in [0, 0.1) is 0 Å². The summed E-state index contributed by atoms with van der Waals surface area (Å²) in [6.07, 6.45) is -0.165. The molecule has 72 valence electrons. The molecule has 12 heavy (non-hydrogen) atoms. The van der Waals surface area contributed by atoms with Gasteiger partial charge in [-0.3, -0.25) is 10.6 Å². The van der Waals surface area contributed by atoms with Gasteiger partial charge in [0.15, 0.2) is 0 Å². The molecule has 0 aromatic heterocycles. The van der Waals surface area contributed by atoms with E-state index in [0.717, 1.165) is 0 Å². The van der Waals surface area contributed by atoms with Crippen LogP contribution in [0.15, 0.2) is 0 Å². The summed E-state index contributed by atoms with van der Waals surface area (Å²) in [5.41, 5.74) is 5.05. The number of rotatable bonds is 5. The molecule has 0 amide bonds. The van der Waals surface area contributed by atoms with E-state index in [1.54, 1.807) is 4.83 Å². The van der Waals surface area contributed by atoms with E-state index in [0.29, 0.717) is 0 Å². The molecule has 0 aromatic carbocycles. The van der Waals surface area contributed by atoms with Crippen molar-refractivity contribution in [2.45, 2.75) is 12.5 Å². The largest absolute Gasteiger partial charge is 0.480 e. The lowest BCUT2D eigenvalue weighted by Crippen LogP contribution is -2.37. The molecule has 7 nitrogen and oxygen atoms in total. The second kappa shape index (κ2) is 4.36. The number of hydrogen-bond acceptors (Lipinski definition) is 5. The number of hydrogen-bond donors (Lipinski definition) is 4. The third-order valence-corrected chi connectivity index (χ3v) is 2.33. The number of carbonyl (C=O) groups is 1. The first-order valence-corrected chi connectivity index (χ1v) is 4.73. The summed E-state index contributed by atoms with van der Waals surface area (Å²) >= 11 is 0. The van der Waals surface area contributed by atoms with Gasteiger partial charge in [0.25, 0.3) is 0 Å². The van der Waals surface area contributed by atoms with Crippen molar-refractivity contribution < 1.29 is 18.3 Å². The molecule has 0 aromatic rings. The topological polar surface area (TPSA) is 136 Å². The standard InChI is InChI=1S/C4H11N3O4S/c5-3(4(8)9)1-2-12(10,11)7-6/h3,7H,1-2,5-6H2,(H,8,9). The van der Waals surface area contributed by atoms with Crippen molar-refractivity contribution in [3.8, 4) is 0 Å². The number of nitrogens with two attached hydrogens (primary N) is 2. The number of nitrogens with one attached hydrogen (secondary N) is 1. The van der Waals surface area contributed by atoms with E-state index in [1.165, 1.54) is 0 Å². The summed E-state index contributed by atoms with van der Waals surface area (Å²) < 4.78 is 21.3. The smallest absolute Gasteiger partial charge is 0.320 e. The normalized spacial score (nSPS) is 14.2. The van der Waals surface area contributed by atoms with Gasteiger partial charge < -0.3 is 10.8 Å². The SMILES string of the molecule is NNS(=O)(=O)CCC(N)C(=O)O. The third kappa shape index (κ3) is 4.23. The molecule has 1 unspecified atom stereocenters. The fraction of sp³-hybridized carbons (Fsp3) is 0.750. The Labute approximate surface area is 69.8 Å². The highest BCUT2D eigenvalue weighted by atomic mass is 32.2. The molecule has 0 saturated heterocycles. The second-order valence-electron chi connectivity index (χ2n) is 2.17. The Kier molecular flexibility index (Phi) is 4.10. The molecule has 0 aliphatic carbocycles. The molecule has 8 heteroatoms. The van der Waals surface area contributed by atoms with Crippen molar-refractivity contribution in [2.24, 2.45) is 11.6 Å². The number of aliphatic carboxylic acids is 1. The summed E-state index contributed by atoms with van der Waals surface area (Å²) in [4.78, 5) is 11.7. The summed E-state index contributed by atoms with van der Waals surface area (Å²) in [5.74, 6) is 3.02. The first kappa shape index (κ1) is 11.3. The van der Waals surface area contributed by atoms with Crippen molar-refractivity contribution in [3.63, 3.8) is 0 Å². The van der Waals surface area contributed by atoms with Crippen LogP contribution in [-0.2, 0) is 14.8 Å². The van der Waals surface area contributed by atoms with Crippen LogP contribution in [-0.4, -0.2) is 31.3 Å². The van der Waals surface area contributed by atoms with Gasteiger partial charge in [-0.25, -0.2) is 8.42 Å². The molecular formula is C4H11N3O4S. The van der Waals surface area contributed by atoms with E-state index in [2.05, 4.69) is 5.84 Å². The molecule has 0 heterocycles. The van der Waals surface area contributed by atoms with Crippen LogP contribution >= 0.6 is 0 Å². The maximum atomic E-state index is 10.6. The fourth-order valence-corrected chi connectivity index (χ4v) is 1.15. The summed E-state index contributed by atoms with van der Waals surface area (Å²) in [5, 5.41) is 8.28. The predicted molar refractivity (Wildman–Crippen MR) is 41.3 cm³/mol. The quantitative estimate of drug-likeness (QED) is 0.286. The molecule has 0 aliphatic rings. The van der Waals surface area contributed by atoms with Gasteiger partial charge in [-0.05, 0) is 6.42 Å². The minimum Gasteiger partial charge on any atom is -0.480 e. The lowest BCUT2D eigenvalue weighted by Gasteiger charge is -2.05. The zero-order valence-electron chi connectivity index (χ0n) is 6.23. The number of carboxylic acid groups (broad SMARTS) is 1. The zero-order chi connectivity index (χ0) is 9.78. The van der Waals surface area contributed by atoms with Gasteiger partial charge in [-0.1, -0.05) is 0 Å². The molecule has 0 radical (unpaired) electrons. The van der Waals surface area contributed by atoms with Crippen LogP contribution in [0.4, 0.5) is 0 Å². The van der Waals surface area contributed by atoms with Gasteiger partial charge in [-0.2, -0.15) is 4.83 Å². The first-order chi connectivity index (χ1) is 5.39. The van der Waals surface area contributed by atoms with Crippen molar-refractivity contribution in [1.29, 1.82) is 0 Å². The van der Waals surface area contributed by atoms with E-state index < -0.39 is 27.8 Å². The van der Waals surface area contributed by atoms with E-state index in [4.69, 9.17) is 10.8 Å². The molecule has 0 bridgehead atoms. The highest BCUT2D eigenvalue weighted by Crippen LogP contribution is 1.92. The summed E-state index contributed by atoms with van der Waals surface area (Å²) in [6.45, 7) is 0. The molecular weight excluding hydrogens is 186 g/mol. The Balaban J connectivity index is 3.92. The average molecular weight is 197 g/mol. The second-order valence-corrected chi connectivity index (χ2v) is 4.04. The van der Waals surface area contributed by atoms with Crippen molar-refractivity contribution in [1.82, 2.24) is 4.83 Å². The monoisotopic (exact) mass is 197 g/mol. The molecule has 6 N–H and O–H groups in total. The molecule has 1 atom stereocenters. The van der Waals surface area contributed by atoms with Crippen molar-refractivity contribution in [3.05, 3.63) is 0 Å². The van der Waals surface area contributed by atoms with Crippen molar-refractivity contribution in [2.75, 3.05) is 5.75 Å². The molecule has 0 aliphatic heterocycles. The lowest BCUT2D eigenvalue weighted by atomic mass is 10.2. The summed E-state index contributed by atoms with van der Waals surface area (Å²) in [6, 6.07) is -1.17. The van der Waals surface area contributed by atoms with Gasteiger partial charge in [0.1, 0.15) is 6.04 Å². The Hall–Kier alpha value is -0.700. The van der Waals surface area contributed by atoms with Crippen LogP contribution in [0.25, 0.3) is 0 Å². The lowest BCUT2D eigenvalue weighted by molar-refractivity contribution is -0.138. The van der Waals surface area contributed by atoms with Crippen LogP contribution in [0.1, 0.15) is 6.42 Å². The maximum Gasteiger partial charge on any atom is 0.320 e. The Bertz CT molecular complexity index is 249. The highest BCUT2D eigenvalue weighted by molar-refractivity contribution is 7.89.